The third-order valence-corrected chi connectivity index (χ3v) is 4.56. The van der Waals surface area contributed by atoms with Crippen molar-refractivity contribution in [2.75, 3.05) is 19.0 Å². The Morgan fingerprint density at radius 2 is 1.71 bits per heavy atom. The van der Waals surface area contributed by atoms with E-state index in [1.807, 2.05) is 53.4 Å². The highest BCUT2D eigenvalue weighted by Crippen LogP contribution is 2.13. The number of aromatic nitrogens is 1. The molecule has 1 N–H and O–H groups in total. The Bertz CT molecular complexity index is 690. The second-order valence-corrected chi connectivity index (χ2v) is 6.17. The first-order valence-corrected chi connectivity index (χ1v) is 8.59. The van der Waals surface area contributed by atoms with Crippen molar-refractivity contribution in [3.8, 4) is 5.69 Å². The molecule has 6 heteroatoms. The van der Waals surface area contributed by atoms with Crippen LogP contribution in [0.2, 0.25) is 0 Å². The Balaban J connectivity index is 1.55. The molecular weight excluding hydrogens is 326 g/mol. The zero-order chi connectivity index (χ0) is 16.9. The highest BCUT2D eigenvalue weighted by Gasteiger charge is 2.23. The number of carbonyl (C=O) groups excluding carboxylic acids is 2. The number of nitrogens with one attached hydrogen (secondary N) is 1. The van der Waals surface area contributed by atoms with Gasteiger partial charge in [0, 0.05) is 42.8 Å². The number of piperidine rings is 1. The molecule has 1 aromatic heterocycles. The fourth-order valence-electron chi connectivity index (χ4n) is 2.92. The van der Waals surface area contributed by atoms with Gasteiger partial charge in [-0.3, -0.25) is 9.59 Å². The fourth-order valence-corrected chi connectivity index (χ4v) is 3.09. The normalized spacial score (nSPS) is 15.3. The molecule has 0 saturated carbocycles. The van der Waals surface area contributed by atoms with Crippen molar-refractivity contribution in [2.45, 2.75) is 18.9 Å². The van der Waals surface area contributed by atoms with E-state index in [1.165, 1.54) is 0 Å². The molecule has 0 bridgehead atoms. The molecule has 24 heavy (non-hydrogen) atoms. The van der Waals surface area contributed by atoms with Crippen LogP contribution < -0.4 is 5.32 Å². The lowest BCUT2D eigenvalue weighted by molar-refractivity contribution is -0.129. The van der Waals surface area contributed by atoms with Gasteiger partial charge in [-0.05, 0) is 49.2 Å². The quantitative estimate of drug-likeness (QED) is 0.865. The lowest BCUT2D eigenvalue weighted by atomic mass is 10.0. The fraction of sp³-hybridized carbons (Fsp3) is 0.333. The summed E-state index contributed by atoms with van der Waals surface area (Å²) < 4.78 is 1.99. The number of hydrogen-bond acceptors (Lipinski definition) is 2. The molecule has 0 radical (unpaired) electrons. The first kappa shape index (κ1) is 16.6. The van der Waals surface area contributed by atoms with Crippen LogP contribution in [-0.2, 0) is 4.79 Å². The predicted molar refractivity (Wildman–Crippen MR) is 93.6 cm³/mol. The van der Waals surface area contributed by atoms with E-state index in [9.17, 15) is 9.59 Å². The van der Waals surface area contributed by atoms with Crippen molar-refractivity contribution < 1.29 is 9.59 Å². The highest BCUT2D eigenvalue weighted by atomic mass is 35.5. The SMILES string of the molecule is O=C(NC1CCN(C(=O)CCl)CC1)c1ccc(-n2cccc2)cc1. The van der Waals surface area contributed by atoms with Crippen LogP contribution in [0.25, 0.3) is 5.69 Å². The standard InChI is InChI=1S/C18H20ClN3O2/c19-13-17(23)22-11-7-15(8-12-22)20-18(24)14-3-5-16(6-4-14)21-9-1-2-10-21/h1-6,9-10,15H,7-8,11-13H2,(H,20,24). The van der Waals surface area contributed by atoms with E-state index in [4.69, 9.17) is 11.6 Å². The first-order chi connectivity index (χ1) is 11.7. The number of likely N-dealkylation sites (tertiary alicyclic amines) is 1. The van der Waals surface area contributed by atoms with Gasteiger partial charge in [-0.1, -0.05) is 0 Å². The Hall–Kier alpha value is -2.27. The molecule has 0 spiro atoms. The summed E-state index contributed by atoms with van der Waals surface area (Å²) in [6.45, 7) is 1.28. The smallest absolute Gasteiger partial charge is 0.251 e. The molecule has 0 aliphatic carbocycles. The number of rotatable bonds is 4. The van der Waals surface area contributed by atoms with Gasteiger partial charge in [0.2, 0.25) is 5.91 Å². The molecule has 1 aliphatic rings. The van der Waals surface area contributed by atoms with Crippen molar-refractivity contribution in [2.24, 2.45) is 0 Å². The number of nitrogens with zero attached hydrogens (tertiary/aromatic N) is 2. The third-order valence-electron chi connectivity index (χ3n) is 4.33. The molecule has 1 aliphatic heterocycles. The Morgan fingerprint density at radius 3 is 2.29 bits per heavy atom. The van der Waals surface area contributed by atoms with Crippen molar-refractivity contribution in [1.82, 2.24) is 14.8 Å². The zero-order valence-corrected chi connectivity index (χ0v) is 14.1. The van der Waals surface area contributed by atoms with Gasteiger partial charge in [-0.25, -0.2) is 0 Å². The predicted octanol–water partition coefficient (Wildman–Crippen LogP) is 2.44. The third kappa shape index (κ3) is 3.79. The first-order valence-electron chi connectivity index (χ1n) is 8.05. The van der Waals surface area contributed by atoms with Crippen LogP contribution in [0.1, 0.15) is 23.2 Å². The van der Waals surface area contributed by atoms with Crippen molar-refractivity contribution in [1.29, 1.82) is 0 Å². The van der Waals surface area contributed by atoms with Gasteiger partial charge in [-0.2, -0.15) is 0 Å². The molecule has 2 aromatic rings. The Morgan fingerprint density at radius 1 is 1.08 bits per heavy atom. The van der Waals surface area contributed by atoms with Gasteiger partial charge in [0.25, 0.3) is 5.91 Å². The molecule has 0 atom stereocenters. The number of carbonyl (C=O) groups is 2. The topological polar surface area (TPSA) is 54.3 Å². The van der Waals surface area contributed by atoms with Gasteiger partial charge < -0.3 is 14.8 Å². The van der Waals surface area contributed by atoms with Crippen LogP contribution in [0.3, 0.4) is 0 Å². The second-order valence-electron chi connectivity index (χ2n) is 5.90. The maximum atomic E-state index is 12.4. The molecule has 126 valence electrons. The average Bonchev–Trinajstić information content (AvgIpc) is 3.16. The number of halogens is 1. The van der Waals surface area contributed by atoms with E-state index < -0.39 is 0 Å². The second kappa shape index (κ2) is 7.53. The van der Waals surface area contributed by atoms with E-state index in [2.05, 4.69) is 5.32 Å². The van der Waals surface area contributed by atoms with Gasteiger partial charge in [-0.15, -0.1) is 11.6 Å². The van der Waals surface area contributed by atoms with Gasteiger partial charge >= 0.3 is 0 Å². The number of alkyl halides is 1. The molecular formula is C18H20ClN3O2. The number of benzene rings is 1. The van der Waals surface area contributed by atoms with E-state index >= 15 is 0 Å². The minimum atomic E-state index is -0.0730. The summed E-state index contributed by atoms with van der Waals surface area (Å²) in [5.41, 5.74) is 1.66. The van der Waals surface area contributed by atoms with E-state index in [1.54, 1.807) is 4.90 Å². The van der Waals surface area contributed by atoms with Crippen molar-refractivity contribution in [3.05, 3.63) is 54.4 Å². The monoisotopic (exact) mass is 345 g/mol. The van der Waals surface area contributed by atoms with Crippen molar-refractivity contribution >= 4 is 23.4 Å². The van der Waals surface area contributed by atoms with E-state index in [0.29, 0.717) is 18.7 Å². The van der Waals surface area contributed by atoms with Gasteiger partial charge in [0.1, 0.15) is 5.88 Å². The largest absolute Gasteiger partial charge is 0.349 e. The van der Waals surface area contributed by atoms with Crippen LogP contribution in [0.15, 0.2) is 48.8 Å². The molecule has 1 saturated heterocycles. The molecule has 0 unspecified atom stereocenters. The van der Waals surface area contributed by atoms with Crippen LogP contribution in [0, 0.1) is 0 Å². The highest BCUT2D eigenvalue weighted by molar-refractivity contribution is 6.27. The van der Waals surface area contributed by atoms with Crippen LogP contribution >= 0.6 is 11.6 Å². The van der Waals surface area contributed by atoms with Gasteiger partial charge in [0.15, 0.2) is 0 Å². The van der Waals surface area contributed by atoms with E-state index in [-0.39, 0.29) is 23.7 Å². The summed E-state index contributed by atoms with van der Waals surface area (Å²) in [5, 5.41) is 3.05. The van der Waals surface area contributed by atoms with Crippen LogP contribution in [0.4, 0.5) is 0 Å². The molecule has 1 aromatic carbocycles. The summed E-state index contributed by atoms with van der Waals surface area (Å²) in [6.07, 6.45) is 5.45. The minimum absolute atomic E-state index is 0.0186. The summed E-state index contributed by atoms with van der Waals surface area (Å²) in [6, 6.07) is 11.5. The number of hydrogen-bond donors (Lipinski definition) is 1. The molecule has 5 nitrogen and oxygen atoms in total. The van der Waals surface area contributed by atoms with Crippen LogP contribution in [0.5, 0.6) is 0 Å². The van der Waals surface area contributed by atoms with E-state index in [0.717, 1.165) is 18.5 Å². The maximum absolute atomic E-state index is 12.4. The zero-order valence-electron chi connectivity index (χ0n) is 13.3. The molecule has 2 heterocycles. The summed E-state index contributed by atoms with van der Waals surface area (Å²) in [7, 11) is 0. The lowest BCUT2D eigenvalue weighted by Crippen LogP contribution is -2.46. The molecule has 3 rings (SSSR count). The maximum Gasteiger partial charge on any atom is 0.251 e. The lowest BCUT2D eigenvalue weighted by Gasteiger charge is -2.32. The summed E-state index contributed by atoms with van der Waals surface area (Å²) in [5.74, 6) is -0.0941. The van der Waals surface area contributed by atoms with Crippen LogP contribution in [-0.4, -0.2) is 46.3 Å². The summed E-state index contributed by atoms with van der Waals surface area (Å²) in [4.78, 5) is 25.7. The molecule has 1 fully saturated rings. The van der Waals surface area contributed by atoms with Crippen molar-refractivity contribution in [3.63, 3.8) is 0 Å². The number of amides is 2. The summed E-state index contributed by atoms with van der Waals surface area (Å²) >= 11 is 5.57. The average molecular weight is 346 g/mol. The Labute approximate surface area is 146 Å². The molecule has 2 amide bonds. The Kier molecular flexibility index (Phi) is 5.20. The minimum Gasteiger partial charge on any atom is -0.349 e. The van der Waals surface area contributed by atoms with Gasteiger partial charge in [0.05, 0.1) is 0 Å².